The number of rotatable bonds is 1. The summed E-state index contributed by atoms with van der Waals surface area (Å²) in [7, 11) is 0. The molecular formula is C10H17N3. The number of fused-ring (bicyclic) bond motifs is 1. The molecule has 3 nitrogen and oxygen atoms in total. The molecule has 3 heteroatoms. The van der Waals surface area contributed by atoms with Crippen LogP contribution in [0.1, 0.15) is 30.6 Å². The summed E-state index contributed by atoms with van der Waals surface area (Å²) in [6, 6.07) is 0.324. The van der Waals surface area contributed by atoms with Gasteiger partial charge in [-0.1, -0.05) is 6.92 Å². The fraction of sp³-hybridized carbons (Fsp3) is 0.700. The first kappa shape index (κ1) is 8.75. The molecular weight excluding hydrogens is 162 g/mol. The molecule has 0 bridgehead atoms. The first-order chi connectivity index (χ1) is 6.22. The van der Waals surface area contributed by atoms with Crippen molar-refractivity contribution >= 4 is 0 Å². The molecule has 1 aliphatic rings. The Kier molecular flexibility index (Phi) is 2.12. The van der Waals surface area contributed by atoms with E-state index in [-0.39, 0.29) is 0 Å². The van der Waals surface area contributed by atoms with Gasteiger partial charge < -0.3 is 10.3 Å². The Morgan fingerprint density at radius 2 is 2.38 bits per heavy atom. The lowest BCUT2D eigenvalue weighted by molar-refractivity contribution is 0.452. The summed E-state index contributed by atoms with van der Waals surface area (Å²) in [6.45, 7) is 5.19. The topological polar surface area (TPSA) is 43.8 Å². The van der Waals surface area contributed by atoms with E-state index in [9.17, 15) is 0 Å². The van der Waals surface area contributed by atoms with E-state index in [0.717, 1.165) is 31.6 Å². The third-order valence-electron chi connectivity index (χ3n) is 2.85. The predicted octanol–water partition coefficient (Wildman–Crippen LogP) is 1.03. The van der Waals surface area contributed by atoms with E-state index in [4.69, 9.17) is 5.73 Å². The van der Waals surface area contributed by atoms with Crippen LogP contribution in [0, 0.1) is 6.92 Å². The van der Waals surface area contributed by atoms with Gasteiger partial charge in [-0.15, -0.1) is 0 Å². The smallest absolute Gasteiger partial charge is 0.106 e. The Labute approximate surface area is 79.0 Å². The highest BCUT2D eigenvalue weighted by molar-refractivity contribution is 5.19. The summed E-state index contributed by atoms with van der Waals surface area (Å²) in [5, 5.41) is 0. The van der Waals surface area contributed by atoms with Gasteiger partial charge in [0.05, 0.1) is 5.69 Å². The van der Waals surface area contributed by atoms with E-state index in [1.54, 1.807) is 0 Å². The lowest BCUT2D eigenvalue weighted by Crippen LogP contribution is -2.32. The zero-order chi connectivity index (χ0) is 9.42. The van der Waals surface area contributed by atoms with Crippen LogP contribution in [0.15, 0.2) is 0 Å². The fourth-order valence-corrected chi connectivity index (χ4v) is 2.12. The molecule has 1 aliphatic heterocycles. The minimum absolute atomic E-state index is 0.324. The van der Waals surface area contributed by atoms with Crippen LogP contribution in [0.2, 0.25) is 0 Å². The molecule has 1 aromatic heterocycles. The summed E-state index contributed by atoms with van der Waals surface area (Å²) in [5.41, 5.74) is 8.61. The summed E-state index contributed by atoms with van der Waals surface area (Å²) in [4.78, 5) is 4.55. The number of hydrogen-bond donors (Lipinski definition) is 1. The molecule has 0 fully saturated rings. The molecule has 0 amide bonds. The van der Waals surface area contributed by atoms with E-state index < -0.39 is 0 Å². The van der Waals surface area contributed by atoms with Gasteiger partial charge in [0.1, 0.15) is 5.82 Å². The molecule has 2 N–H and O–H groups in total. The lowest BCUT2D eigenvalue weighted by atomic mass is 10.0. The van der Waals surface area contributed by atoms with Gasteiger partial charge in [-0.3, -0.25) is 0 Å². The Morgan fingerprint density at radius 1 is 1.62 bits per heavy atom. The van der Waals surface area contributed by atoms with E-state index in [0.29, 0.717) is 6.04 Å². The fourth-order valence-electron chi connectivity index (χ4n) is 2.12. The van der Waals surface area contributed by atoms with Gasteiger partial charge in [-0.2, -0.15) is 0 Å². The number of imidazole rings is 1. The van der Waals surface area contributed by atoms with Gasteiger partial charge >= 0.3 is 0 Å². The zero-order valence-corrected chi connectivity index (χ0v) is 8.38. The van der Waals surface area contributed by atoms with Gasteiger partial charge in [0, 0.05) is 18.3 Å². The van der Waals surface area contributed by atoms with E-state index in [2.05, 4.69) is 23.4 Å². The average Bonchev–Trinajstić information content (AvgIpc) is 2.43. The van der Waals surface area contributed by atoms with E-state index in [1.165, 1.54) is 11.4 Å². The van der Waals surface area contributed by atoms with Crippen LogP contribution in [-0.4, -0.2) is 15.6 Å². The molecule has 0 radical (unpaired) electrons. The largest absolute Gasteiger partial charge is 0.330 e. The maximum absolute atomic E-state index is 5.92. The normalized spacial score (nSPS) is 21.6. The van der Waals surface area contributed by atoms with Crippen molar-refractivity contribution in [2.45, 2.75) is 45.7 Å². The lowest BCUT2D eigenvalue weighted by Gasteiger charge is -2.22. The predicted molar refractivity (Wildman–Crippen MR) is 52.6 cm³/mol. The van der Waals surface area contributed by atoms with Crippen LogP contribution >= 0.6 is 0 Å². The van der Waals surface area contributed by atoms with Crippen molar-refractivity contribution in [3.8, 4) is 0 Å². The highest BCUT2D eigenvalue weighted by Crippen LogP contribution is 2.20. The number of nitrogens with two attached hydrogens (primary N) is 1. The summed E-state index contributed by atoms with van der Waals surface area (Å²) < 4.78 is 2.28. The molecule has 0 aliphatic carbocycles. The Bertz CT molecular complexity index is 314. The Morgan fingerprint density at radius 3 is 3.08 bits per heavy atom. The molecule has 1 atom stereocenters. The summed E-state index contributed by atoms with van der Waals surface area (Å²) in [6.07, 6.45) is 3.25. The monoisotopic (exact) mass is 179 g/mol. The van der Waals surface area contributed by atoms with Gasteiger partial charge in [-0.05, 0) is 26.2 Å². The molecule has 0 aromatic carbocycles. The van der Waals surface area contributed by atoms with Crippen molar-refractivity contribution in [3.05, 3.63) is 17.2 Å². The quantitative estimate of drug-likeness (QED) is 0.699. The van der Waals surface area contributed by atoms with Crippen LogP contribution in [0.3, 0.4) is 0 Å². The van der Waals surface area contributed by atoms with Crippen molar-refractivity contribution in [3.63, 3.8) is 0 Å². The van der Waals surface area contributed by atoms with E-state index in [1.807, 2.05) is 0 Å². The van der Waals surface area contributed by atoms with Gasteiger partial charge in [0.15, 0.2) is 0 Å². The highest BCUT2D eigenvalue weighted by Gasteiger charge is 2.20. The first-order valence-corrected chi connectivity index (χ1v) is 5.02. The minimum Gasteiger partial charge on any atom is -0.330 e. The molecule has 2 rings (SSSR count). The number of hydrogen-bond acceptors (Lipinski definition) is 2. The van der Waals surface area contributed by atoms with Crippen LogP contribution in [0.25, 0.3) is 0 Å². The average molecular weight is 179 g/mol. The maximum Gasteiger partial charge on any atom is 0.106 e. The molecule has 0 spiro atoms. The number of nitrogens with zero attached hydrogens (tertiary/aromatic N) is 2. The number of aryl methyl sites for hydroxylation is 2. The van der Waals surface area contributed by atoms with Crippen molar-refractivity contribution < 1.29 is 0 Å². The summed E-state index contributed by atoms with van der Waals surface area (Å²) >= 11 is 0. The van der Waals surface area contributed by atoms with E-state index >= 15 is 0 Å². The van der Waals surface area contributed by atoms with Crippen LogP contribution in [-0.2, 0) is 19.4 Å². The van der Waals surface area contributed by atoms with Crippen LogP contribution in [0.4, 0.5) is 0 Å². The number of aromatic nitrogens is 2. The SMILES string of the molecule is CCc1nc(C)n2c1CCC(N)C2. The molecule has 13 heavy (non-hydrogen) atoms. The zero-order valence-electron chi connectivity index (χ0n) is 8.38. The third kappa shape index (κ3) is 1.37. The van der Waals surface area contributed by atoms with Crippen molar-refractivity contribution in [2.24, 2.45) is 5.73 Å². The van der Waals surface area contributed by atoms with Gasteiger partial charge in [0.2, 0.25) is 0 Å². The van der Waals surface area contributed by atoms with Crippen LogP contribution in [0.5, 0.6) is 0 Å². The third-order valence-corrected chi connectivity index (χ3v) is 2.85. The van der Waals surface area contributed by atoms with Crippen LogP contribution < -0.4 is 5.73 Å². The van der Waals surface area contributed by atoms with Crippen molar-refractivity contribution in [2.75, 3.05) is 0 Å². The molecule has 0 saturated heterocycles. The first-order valence-electron chi connectivity index (χ1n) is 5.02. The highest BCUT2D eigenvalue weighted by atomic mass is 15.1. The van der Waals surface area contributed by atoms with Crippen molar-refractivity contribution in [1.29, 1.82) is 0 Å². The Balaban J connectivity index is 2.42. The Hall–Kier alpha value is -0.830. The molecule has 1 aromatic rings. The molecule has 1 unspecified atom stereocenters. The molecule has 0 saturated carbocycles. The second-order valence-corrected chi connectivity index (χ2v) is 3.82. The standard InChI is InChI=1S/C10H17N3/c1-3-9-10-5-4-8(11)6-13(10)7(2)12-9/h8H,3-6,11H2,1-2H3. The maximum atomic E-state index is 5.92. The second kappa shape index (κ2) is 3.14. The van der Waals surface area contributed by atoms with Gasteiger partial charge in [-0.25, -0.2) is 4.98 Å². The molecule has 72 valence electrons. The molecule has 2 heterocycles. The van der Waals surface area contributed by atoms with Crippen molar-refractivity contribution in [1.82, 2.24) is 9.55 Å². The van der Waals surface area contributed by atoms with Gasteiger partial charge in [0.25, 0.3) is 0 Å². The second-order valence-electron chi connectivity index (χ2n) is 3.82. The minimum atomic E-state index is 0.324. The summed E-state index contributed by atoms with van der Waals surface area (Å²) in [5.74, 6) is 1.13.